The predicted octanol–water partition coefficient (Wildman–Crippen LogP) is 4.64. The minimum atomic E-state index is -3.46. The van der Waals surface area contributed by atoms with E-state index in [1.165, 1.54) is 4.31 Å². The van der Waals surface area contributed by atoms with Gasteiger partial charge in [-0.15, -0.1) is 11.6 Å². The van der Waals surface area contributed by atoms with Gasteiger partial charge in [-0.25, -0.2) is 8.42 Å². The highest BCUT2D eigenvalue weighted by Crippen LogP contribution is 2.34. The van der Waals surface area contributed by atoms with Gasteiger partial charge in [-0.1, -0.05) is 68.0 Å². The molecule has 1 aliphatic heterocycles. The highest BCUT2D eigenvalue weighted by atomic mass is 35.5. The summed E-state index contributed by atoms with van der Waals surface area (Å²) in [6, 6.07) is 16.1. The van der Waals surface area contributed by atoms with E-state index in [-0.39, 0.29) is 11.8 Å². The van der Waals surface area contributed by atoms with Crippen molar-refractivity contribution in [3.63, 3.8) is 0 Å². The molecule has 2 aromatic rings. The lowest BCUT2D eigenvalue weighted by Crippen LogP contribution is -2.35. The predicted molar refractivity (Wildman–Crippen MR) is 115 cm³/mol. The van der Waals surface area contributed by atoms with Gasteiger partial charge >= 0.3 is 0 Å². The maximum absolute atomic E-state index is 12.7. The number of halogens is 1. The molecule has 3 rings (SSSR count). The Morgan fingerprint density at radius 1 is 1.11 bits per heavy atom. The maximum atomic E-state index is 12.7. The van der Waals surface area contributed by atoms with Crippen molar-refractivity contribution in [1.82, 2.24) is 0 Å². The van der Waals surface area contributed by atoms with Crippen molar-refractivity contribution >= 4 is 27.3 Å². The first kappa shape index (κ1) is 20.9. The van der Waals surface area contributed by atoms with Gasteiger partial charge in [0.2, 0.25) is 10.0 Å². The Morgan fingerprint density at radius 3 is 2.39 bits per heavy atom. The average molecular weight is 420 g/mol. The highest BCUT2D eigenvalue weighted by Gasteiger charge is 2.43. The Hall–Kier alpha value is -1.82. The van der Waals surface area contributed by atoms with Gasteiger partial charge in [0.15, 0.2) is 0 Å². The first-order chi connectivity index (χ1) is 13.4. The summed E-state index contributed by atoms with van der Waals surface area (Å²) in [5.74, 6) is -0.0603. The number of hydrogen-bond acceptors (Lipinski definition) is 3. The molecule has 0 aliphatic carbocycles. The Labute approximate surface area is 172 Å². The summed E-state index contributed by atoms with van der Waals surface area (Å²) in [7, 11) is -3.46. The normalized spacial score (nSPS) is 22.6. The lowest BCUT2D eigenvalue weighted by atomic mass is 10.0. The lowest BCUT2D eigenvalue weighted by Gasteiger charge is -2.26. The number of aliphatic hydroxyl groups excluding tert-OH is 1. The second kappa shape index (κ2) is 9.12. The molecule has 150 valence electrons. The molecule has 0 amide bonds. The molecule has 1 heterocycles. The fourth-order valence-electron chi connectivity index (χ4n) is 3.49. The van der Waals surface area contributed by atoms with Crippen LogP contribution in [0.2, 0.25) is 0 Å². The summed E-state index contributed by atoms with van der Waals surface area (Å²) in [4.78, 5) is 0. The second-order valence-electron chi connectivity index (χ2n) is 7.06. The van der Waals surface area contributed by atoms with E-state index in [2.05, 4.69) is 13.0 Å². The topological polar surface area (TPSA) is 57.6 Å². The fourth-order valence-corrected chi connectivity index (χ4v) is 6.13. The molecule has 1 fully saturated rings. The van der Waals surface area contributed by atoms with E-state index >= 15 is 0 Å². The average Bonchev–Trinajstić information content (AvgIpc) is 2.93. The summed E-state index contributed by atoms with van der Waals surface area (Å²) in [5, 5.41) is 10.1. The quantitative estimate of drug-likeness (QED) is 0.525. The van der Waals surface area contributed by atoms with Crippen LogP contribution in [0.1, 0.15) is 43.4 Å². The van der Waals surface area contributed by atoms with Gasteiger partial charge in [0.1, 0.15) is 6.10 Å². The fraction of sp³-hybridized carbons (Fsp3) is 0.364. The largest absolute Gasteiger partial charge is 0.384 e. The van der Waals surface area contributed by atoms with E-state index in [1.807, 2.05) is 36.4 Å². The van der Waals surface area contributed by atoms with Crippen molar-refractivity contribution < 1.29 is 13.5 Å². The van der Waals surface area contributed by atoms with Crippen LogP contribution in [-0.2, 0) is 10.0 Å². The number of unbranched alkanes of at least 4 members (excludes halogenated alkanes) is 1. The Balaban J connectivity index is 1.83. The summed E-state index contributed by atoms with van der Waals surface area (Å²) in [6.45, 7) is 2.10. The number of aliphatic hydroxyl groups is 1. The zero-order valence-corrected chi connectivity index (χ0v) is 17.5. The van der Waals surface area contributed by atoms with Crippen LogP contribution in [0.4, 0.5) is 5.69 Å². The summed E-state index contributed by atoms with van der Waals surface area (Å²) < 4.78 is 26.8. The number of allylic oxidation sites excluding steroid dienone is 1. The number of anilines is 1. The maximum Gasteiger partial charge on any atom is 0.237 e. The summed E-state index contributed by atoms with van der Waals surface area (Å²) >= 11 is 6.39. The monoisotopic (exact) mass is 419 g/mol. The first-order valence-electron chi connectivity index (χ1n) is 9.58. The molecule has 3 atom stereocenters. The third-order valence-electron chi connectivity index (χ3n) is 4.97. The van der Waals surface area contributed by atoms with Crippen molar-refractivity contribution in [3.05, 3.63) is 77.9 Å². The van der Waals surface area contributed by atoms with E-state index < -0.39 is 21.5 Å². The van der Waals surface area contributed by atoms with Gasteiger partial charge < -0.3 is 5.11 Å². The molecule has 1 aliphatic rings. The molecular formula is C22H26ClNO3S. The SMILES string of the molecule is CCC/C=C\CC1C(Cl)CS(=O)(=O)N1c1ccc(C(O)c2ccccc2)cc1. The van der Waals surface area contributed by atoms with Crippen molar-refractivity contribution in [2.24, 2.45) is 0 Å². The molecule has 0 radical (unpaired) electrons. The van der Waals surface area contributed by atoms with Crippen LogP contribution in [0.25, 0.3) is 0 Å². The molecule has 1 saturated heterocycles. The molecule has 3 unspecified atom stereocenters. The van der Waals surface area contributed by atoms with Crippen LogP contribution in [-0.4, -0.2) is 30.7 Å². The van der Waals surface area contributed by atoms with Crippen molar-refractivity contribution in [2.45, 2.75) is 43.7 Å². The van der Waals surface area contributed by atoms with Crippen LogP contribution in [0.5, 0.6) is 0 Å². The minimum absolute atomic E-state index is 0.0603. The lowest BCUT2D eigenvalue weighted by molar-refractivity contribution is 0.220. The van der Waals surface area contributed by atoms with Crippen molar-refractivity contribution in [2.75, 3.05) is 10.1 Å². The standard InChI is InChI=1S/C22H26ClNO3S/c1-2-3-4-8-11-21-20(23)16-28(26,27)24(21)19-14-12-18(13-15-19)22(25)17-9-6-5-7-10-17/h4-10,12-15,20-22,25H,2-3,11,16H2,1H3/b8-4-. The molecule has 0 bridgehead atoms. The molecule has 0 spiro atoms. The minimum Gasteiger partial charge on any atom is -0.384 e. The summed E-state index contributed by atoms with van der Waals surface area (Å²) in [6.07, 6.45) is 5.95. The second-order valence-corrected chi connectivity index (χ2v) is 9.51. The third-order valence-corrected chi connectivity index (χ3v) is 7.46. The first-order valence-corrected chi connectivity index (χ1v) is 11.6. The van der Waals surface area contributed by atoms with Crippen molar-refractivity contribution in [3.8, 4) is 0 Å². The van der Waals surface area contributed by atoms with E-state index in [4.69, 9.17) is 11.6 Å². The molecule has 1 N–H and O–H groups in total. The van der Waals surface area contributed by atoms with Crippen LogP contribution in [0.3, 0.4) is 0 Å². The van der Waals surface area contributed by atoms with Crippen LogP contribution < -0.4 is 4.31 Å². The molecule has 6 heteroatoms. The number of hydrogen-bond donors (Lipinski definition) is 1. The Bertz CT molecular complexity index is 897. The van der Waals surface area contributed by atoms with Crippen LogP contribution in [0.15, 0.2) is 66.7 Å². The smallest absolute Gasteiger partial charge is 0.237 e. The van der Waals surface area contributed by atoms with Gasteiger partial charge in [0.05, 0.1) is 22.9 Å². The van der Waals surface area contributed by atoms with Gasteiger partial charge in [0, 0.05) is 0 Å². The highest BCUT2D eigenvalue weighted by molar-refractivity contribution is 7.93. The van der Waals surface area contributed by atoms with E-state index in [0.717, 1.165) is 18.4 Å². The number of benzene rings is 2. The van der Waals surface area contributed by atoms with Crippen molar-refractivity contribution in [1.29, 1.82) is 0 Å². The van der Waals surface area contributed by atoms with Gasteiger partial charge in [-0.3, -0.25) is 4.31 Å². The molecular weight excluding hydrogens is 394 g/mol. The van der Waals surface area contributed by atoms with Gasteiger partial charge in [-0.05, 0) is 36.1 Å². The van der Waals surface area contributed by atoms with Crippen LogP contribution >= 0.6 is 11.6 Å². The Kier molecular flexibility index (Phi) is 6.81. The van der Waals surface area contributed by atoms with Gasteiger partial charge in [-0.2, -0.15) is 0 Å². The molecule has 4 nitrogen and oxygen atoms in total. The Morgan fingerprint density at radius 2 is 1.75 bits per heavy atom. The molecule has 28 heavy (non-hydrogen) atoms. The van der Waals surface area contributed by atoms with E-state index in [1.54, 1.807) is 24.3 Å². The zero-order chi connectivity index (χ0) is 20.1. The summed E-state index contributed by atoms with van der Waals surface area (Å²) in [5.41, 5.74) is 2.10. The molecule has 2 aromatic carbocycles. The van der Waals surface area contributed by atoms with E-state index in [0.29, 0.717) is 17.7 Å². The third kappa shape index (κ3) is 4.59. The molecule has 0 aromatic heterocycles. The van der Waals surface area contributed by atoms with Gasteiger partial charge in [0.25, 0.3) is 0 Å². The number of nitrogens with zero attached hydrogens (tertiary/aromatic N) is 1. The van der Waals surface area contributed by atoms with E-state index in [9.17, 15) is 13.5 Å². The molecule has 0 saturated carbocycles. The number of sulfonamides is 1. The number of rotatable bonds is 7. The zero-order valence-electron chi connectivity index (χ0n) is 15.9. The number of alkyl halides is 1. The van der Waals surface area contributed by atoms with Crippen LogP contribution in [0, 0.1) is 0 Å².